The van der Waals surface area contributed by atoms with Crippen molar-refractivity contribution in [1.29, 1.82) is 0 Å². The van der Waals surface area contributed by atoms with Crippen LogP contribution in [0.5, 0.6) is 11.5 Å². The molecule has 0 aliphatic carbocycles. The zero-order valence-electron chi connectivity index (χ0n) is 14.5. The number of nitrogens with zero attached hydrogens (tertiary/aromatic N) is 3. The maximum atomic E-state index is 5.78. The number of hydrogen-bond donors (Lipinski definition) is 1. The largest absolute Gasteiger partial charge is 0.490 e. The van der Waals surface area contributed by atoms with E-state index < -0.39 is 0 Å². The molecule has 130 valence electrons. The molecule has 1 aliphatic rings. The first-order chi connectivity index (χ1) is 12.1. The molecule has 4 rings (SSSR count). The first kappa shape index (κ1) is 15.7. The summed E-state index contributed by atoms with van der Waals surface area (Å²) in [5, 5.41) is 8.25. The van der Waals surface area contributed by atoms with E-state index in [0.29, 0.717) is 24.8 Å². The fourth-order valence-electron chi connectivity index (χ4n) is 2.94. The van der Waals surface area contributed by atoms with Crippen molar-refractivity contribution in [2.45, 2.75) is 33.2 Å². The van der Waals surface area contributed by atoms with Crippen molar-refractivity contribution >= 4 is 16.9 Å². The number of fused-ring (bicyclic) bond motifs is 2. The van der Waals surface area contributed by atoms with Gasteiger partial charge in [0.15, 0.2) is 11.5 Å². The minimum absolute atomic E-state index is 0.0175. The Bertz CT molecular complexity index is 922. The molecule has 1 aromatic carbocycles. The van der Waals surface area contributed by atoms with Crippen LogP contribution in [0.2, 0.25) is 0 Å². The van der Waals surface area contributed by atoms with Gasteiger partial charge in [-0.05, 0) is 38.5 Å². The molecule has 0 fully saturated rings. The number of anilines is 1. The van der Waals surface area contributed by atoms with Gasteiger partial charge in [0.2, 0.25) is 0 Å². The van der Waals surface area contributed by atoms with Gasteiger partial charge in [-0.1, -0.05) is 11.2 Å². The molecule has 25 heavy (non-hydrogen) atoms. The van der Waals surface area contributed by atoms with E-state index in [1.165, 1.54) is 0 Å². The molecular formula is C18H20N4O3. The Morgan fingerprint density at radius 2 is 1.88 bits per heavy atom. The summed E-state index contributed by atoms with van der Waals surface area (Å²) in [5.74, 6) is 2.94. The van der Waals surface area contributed by atoms with Crippen LogP contribution in [0, 0.1) is 13.8 Å². The summed E-state index contributed by atoms with van der Waals surface area (Å²) in [6, 6.07) is 6.03. The predicted molar refractivity (Wildman–Crippen MR) is 93.2 cm³/mol. The standard InChI is InChI=1S/C18H20N4O3/c1-10(13-5-6-14-15(9-13)24-8-4-7-23-14)19-17-16-11(2)22-25-18(16)21-12(3)20-17/h5-6,9-10H,4,7-8H2,1-3H3,(H,19,20,21)/t10-/m0/s1. The molecule has 2 aromatic heterocycles. The van der Waals surface area contributed by atoms with Crippen LogP contribution < -0.4 is 14.8 Å². The van der Waals surface area contributed by atoms with Crippen LogP contribution in [0.4, 0.5) is 5.82 Å². The highest BCUT2D eigenvalue weighted by Crippen LogP contribution is 2.34. The average molecular weight is 340 g/mol. The van der Waals surface area contributed by atoms with Gasteiger partial charge >= 0.3 is 0 Å². The van der Waals surface area contributed by atoms with Crippen LogP contribution in [0.3, 0.4) is 0 Å². The summed E-state index contributed by atoms with van der Waals surface area (Å²) in [7, 11) is 0. The molecule has 1 N–H and O–H groups in total. The topological polar surface area (TPSA) is 82.3 Å². The second-order valence-electron chi connectivity index (χ2n) is 6.19. The quantitative estimate of drug-likeness (QED) is 0.780. The highest BCUT2D eigenvalue weighted by molar-refractivity contribution is 5.87. The van der Waals surface area contributed by atoms with Gasteiger partial charge in [0.05, 0.1) is 24.9 Å². The zero-order valence-corrected chi connectivity index (χ0v) is 14.5. The molecule has 0 amide bonds. The number of nitrogens with one attached hydrogen (secondary N) is 1. The van der Waals surface area contributed by atoms with E-state index in [-0.39, 0.29) is 6.04 Å². The molecule has 0 saturated carbocycles. The second-order valence-corrected chi connectivity index (χ2v) is 6.19. The molecular weight excluding hydrogens is 320 g/mol. The van der Waals surface area contributed by atoms with Gasteiger partial charge in [-0.2, -0.15) is 4.98 Å². The molecule has 3 aromatic rings. The van der Waals surface area contributed by atoms with Crippen molar-refractivity contribution in [3.05, 3.63) is 35.3 Å². The molecule has 0 unspecified atom stereocenters. The van der Waals surface area contributed by atoms with E-state index in [1.807, 2.05) is 32.0 Å². The minimum atomic E-state index is 0.0175. The Balaban J connectivity index is 1.65. The Morgan fingerprint density at radius 1 is 1.08 bits per heavy atom. The lowest BCUT2D eigenvalue weighted by molar-refractivity contribution is 0.297. The molecule has 3 heterocycles. The van der Waals surface area contributed by atoms with E-state index in [1.54, 1.807) is 0 Å². The first-order valence-electron chi connectivity index (χ1n) is 8.38. The van der Waals surface area contributed by atoms with Crippen molar-refractivity contribution in [2.75, 3.05) is 18.5 Å². The van der Waals surface area contributed by atoms with Crippen LogP contribution in [0.1, 0.15) is 36.5 Å². The maximum absolute atomic E-state index is 5.78. The zero-order chi connectivity index (χ0) is 17.4. The molecule has 1 atom stereocenters. The van der Waals surface area contributed by atoms with Gasteiger partial charge in [0.25, 0.3) is 5.71 Å². The SMILES string of the molecule is Cc1nc(N[C@@H](C)c2ccc3c(c2)OCCCO3)c2c(C)noc2n1. The van der Waals surface area contributed by atoms with Gasteiger partial charge < -0.3 is 19.3 Å². The third-order valence-corrected chi connectivity index (χ3v) is 4.24. The molecule has 0 saturated heterocycles. The Labute approximate surface area is 145 Å². The lowest BCUT2D eigenvalue weighted by Gasteiger charge is -2.17. The summed E-state index contributed by atoms with van der Waals surface area (Å²) in [6.45, 7) is 7.15. The Morgan fingerprint density at radius 3 is 2.72 bits per heavy atom. The van der Waals surface area contributed by atoms with Crippen molar-refractivity contribution in [1.82, 2.24) is 15.1 Å². The fourth-order valence-corrected chi connectivity index (χ4v) is 2.94. The van der Waals surface area contributed by atoms with Crippen molar-refractivity contribution in [3.63, 3.8) is 0 Å². The van der Waals surface area contributed by atoms with Gasteiger partial charge in [-0.15, -0.1) is 0 Å². The van der Waals surface area contributed by atoms with Crippen LogP contribution >= 0.6 is 0 Å². The number of ether oxygens (including phenoxy) is 2. The summed E-state index contributed by atoms with van der Waals surface area (Å²) in [6.07, 6.45) is 0.892. The van der Waals surface area contributed by atoms with E-state index in [2.05, 4.69) is 27.4 Å². The molecule has 0 bridgehead atoms. The van der Waals surface area contributed by atoms with Crippen LogP contribution in [0.25, 0.3) is 11.1 Å². The van der Waals surface area contributed by atoms with E-state index in [0.717, 1.165) is 40.4 Å². The third kappa shape index (κ3) is 2.97. The fraction of sp³-hybridized carbons (Fsp3) is 0.389. The van der Waals surface area contributed by atoms with Gasteiger partial charge in [0, 0.05) is 6.42 Å². The van der Waals surface area contributed by atoms with Crippen molar-refractivity contribution in [3.8, 4) is 11.5 Å². The third-order valence-electron chi connectivity index (χ3n) is 4.24. The maximum Gasteiger partial charge on any atom is 0.263 e. The normalized spacial score (nSPS) is 15.0. The number of benzene rings is 1. The molecule has 7 nitrogen and oxygen atoms in total. The molecule has 0 radical (unpaired) electrons. The monoisotopic (exact) mass is 340 g/mol. The minimum Gasteiger partial charge on any atom is -0.490 e. The van der Waals surface area contributed by atoms with E-state index in [9.17, 15) is 0 Å². The lowest BCUT2D eigenvalue weighted by atomic mass is 10.1. The first-order valence-corrected chi connectivity index (χ1v) is 8.38. The highest BCUT2D eigenvalue weighted by atomic mass is 16.5. The average Bonchev–Trinajstić information content (AvgIpc) is 2.82. The highest BCUT2D eigenvalue weighted by Gasteiger charge is 2.18. The predicted octanol–water partition coefficient (Wildman–Crippen LogP) is 3.57. The number of rotatable bonds is 3. The smallest absolute Gasteiger partial charge is 0.263 e. The second kappa shape index (κ2) is 6.23. The number of aromatic nitrogens is 3. The van der Waals surface area contributed by atoms with Crippen molar-refractivity contribution < 1.29 is 14.0 Å². The van der Waals surface area contributed by atoms with Gasteiger partial charge in [-0.25, -0.2) is 4.98 Å². The summed E-state index contributed by atoms with van der Waals surface area (Å²) in [4.78, 5) is 8.81. The van der Waals surface area contributed by atoms with Crippen molar-refractivity contribution in [2.24, 2.45) is 0 Å². The van der Waals surface area contributed by atoms with E-state index in [4.69, 9.17) is 14.0 Å². The molecule has 7 heteroatoms. The molecule has 0 spiro atoms. The van der Waals surface area contributed by atoms with Crippen LogP contribution in [-0.4, -0.2) is 28.3 Å². The number of hydrogen-bond acceptors (Lipinski definition) is 7. The van der Waals surface area contributed by atoms with Gasteiger partial charge in [0.1, 0.15) is 17.0 Å². The number of aryl methyl sites for hydroxylation is 2. The lowest BCUT2D eigenvalue weighted by Crippen LogP contribution is -2.10. The molecule has 1 aliphatic heterocycles. The Hall–Kier alpha value is -2.83. The van der Waals surface area contributed by atoms with Crippen LogP contribution in [0.15, 0.2) is 22.7 Å². The summed E-state index contributed by atoms with van der Waals surface area (Å²) >= 11 is 0. The van der Waals surface area contributed by atoms with Crippen LogP contribution in [-0.2, 0) is 0 Å². The summed E-state index contributed by atoms with van der Waals surface area (Å²) < 4.78 is 16.7. The van der Waals surface area contributed by atoms with E-state index >= 15 is 0 Å². The van der Waals surface area contributed by atoms with Gasteiger partial charge in [-0.3, -0.25) is 0 Å². The summed E-state index contributed by atoms with van der Waals surface area (Å²) in [5.41, 5.74) is 2.35. The Kier molecular flexibility index (Phi) is 3.91.